The molecule has 1 saturated carbocycles. The van der Waals surface area contributed by atoms with Gasteiger partial charge in [-0.25, -0.2) is 4.39 Å². The minimum Gasteiger partial charge on any atom is -0.382 e. The van der Waals surface area contributed by atoms with Crippen LogP contribution in [0.3, 0.4) is 0 Å². The fourth-order valence-electron chi connectivity index (χ4n) is 2.64. The summed E-state index contributed by atoms with van der Waals surface area (Å²) >= 11 is 0. The third-order valence-corrected chi connectivity index (χ3v) is 3.79. The second kappa shape index (κ2) is 6.63. The predicted molar refractivity (Wildman–Crippen MR) is 72.7 cm³/mol. The maximum absolute atomic E-state index is 13.6. The van der Waals surface area contributed by atoms with Gasteiger partial charge in [0.1, 0.15) is 5.82 Å². The second-order valence-corrected chi connectivity index (χ2v) is 5.28. The van der Waals surface area contributed by atoms with Gasteiger partial charge in [0.05, 0.1) is 10.6 Å². The van der Waals surface area contributed by atoms with Crippen LogP contribution in [0.1, 0.15) is 38.5 Å². The molecule has 0 aliphatic heterocycles. The van der Waals surface area contributed by atoms with E-state index in [1.807, 2.05) is 0 Å². The topological polar surface area (TPSA) is 55.2 Å². The molecule has 0 amide bonds. The quantitative estimate of drug-likeness (QED) is 0.510. The molecule has 1 aliphatic rings. The van der Waals surface area contributed by atoms with Crippen LogP contribution in [0.2, 0.25) is 0 Å². The monoisotopic (exact) mass is 284 g/mol. The van der Waals surface area contributed by atoms with Crippen LogP contribution in [0.15, 0.2) is 12.1 Å². The number of nitrogens with one attached hydrogen (secondary N) is 1. The van der Waals surface area contributed by atoms with Gasteiger partial charge in [0.15, 0.2) is 0 Å². The van der Waals surface area contributed by atoms with E-state index in [4.69, 9.17) is 0 Å². The molecule has 0 aromatic heterocycles. The van der Waals surface area contributed by atoms with Gasteiger partial charge in [-0.2, -0.15) is 4.39 Å². The fourth-order valence-corrected chi connectivity index (χ4v) is 2.64. The van der Waals surface area contributed by atoms with Crippen LogP contribution in [-0.4, -0.2) is 11.5 Å². The Bertz CT molecular complexity index is 486. The van der Waals surface area contributed by atoms with E-state index in [9.17, 15) is 18.9 Å². The van der Waals surface area contributed by atoms with Gasteiger partial charge in [-0.1, -0.05) is 25.7 Å². The number of rotatable bonds is 4. The summed E-state index contributed by atoms with van der Waals surface area (Å²) in [5.74, 6) is -1.49. The van der Waals surface area contributed by atoms with Crippen molar-refractivity contribution in [3.8, 4) is 0 Å². The molecule has 110 valence electrons. The Kier molecular flexibility index (Phi) is 4.87. The fraction of sp³-hybridized carbons (Fsp3) is 0.571. The Morgan fingerprint density at radius 2 is 1.80 bits per heavy atom. The summed E-state index contributed by atoms with van der Waals surface area (Å²) in [5.41, 5.74) is -0.697. The smallest absolute Gasteiger partial charge is 0.307 e. The molecule has 1 fully saturated rings. The Balaban J connectivity index is 2.04. The van der Waals surface area contributed by atoms with Gasteiger partial charge in [-0.3, -0.25) is 10.1 Å². The van der Waals surface area contributed by atoms with E-state index in [0.717, 1.165) is 18.9 Å². The van der Waals surface area contributed by atoms with Gasteiger partial charge in [-0.05, 0) is 18.8 Å². The molecule has 0 heterocycles. The zero-order valence-corrected chi connectivity index (χ0v) is 11.2. The molecular formula is C14H18F2N2O2. The van der Waals surface area contributed by atoms with Gasteiger partial charge in [0, 0.05) is 18.7 Å². The zero-order valence-electron chi connectivity index (χ0n) is 11.2. The first-order valence-electron chi connectivity index (χ1n) is 6.95. The van der Waals surface area contributed by atoms with Crippen molar-refractivity contribution in [3.05, 3.63) is 33.9 Å². The van der Waals surface area contributed by atoms with Crippen molar-refractivity contribution in [2.24, 2.45) is 5.92 Å². The van der Waals surface area contributed by atoms with Crippen molar-refractivity contribution >= 4 is 11.4 Å². The summed E-state index contributed by atoms with van der Waals surface area (Å²) in [5, 5.41) is 13.5. The normalized spacial score (nSPS) is 16.7. The number of nitro benzene ring substituents is 1. The minimum absolute atomic E-state index is 0.00217. The van der Waals surface area contributed by atoms with Crippen molar-refractivity contribution in [1.29, 1.82) is 0 Å². The Hall–Kier alpha value is -1.72. The summed E-state index contributed by atoms with van der Waals surface area (Å²) in [4.78, 5) is 9.81. The molecule has 1 aromatic rings. The Labute approximate surface area is 116 Å². The van der Waals surface area contributed by atoms with E-state index in [-0.39, 0.29) is 5.69 Å². The lowest BCUT2D eigenvalue weighted by Gasteiger charge is -2.16. The number of nitrogens with zero attached hydrogens (tertiary/aromatic N) is 1. The largest absolute Gasteiger partial charge is 0.382 e. The summed E-state index contributed by atoms with van der Waals surface area (Å²) in [7, 11) is 0. The van der Waals surface area contributed by atoms with Crippen LogP contribution in [0.5, 0.6) is 0 Å². The van der Waals surface area contributed by atoms with Crippen LogP contribution in [0.4, 0.5) is 20.2 Å². The van der Waals surface area contributed by atoms with Gasteiger partial charge >= 0.3 is 5.69 Å². The SMILES string of the molecule is O=[N+]([O-])c1cc(NCC2CCCCCC2)c(F)cc1F. The molecule has 6 heteroatoms. The van der Waals surface area contributed by atoms with E-state index in [1.165, 1.54) is 25.7 Å². The zero-order chi connectivity index (χ0) is 14.5. The highest BCUT2D eigenvalue weighted by atomic mass is 19.1. The summed E-state index contributed by atoms with van der Waals surface area (Å²) in [6.45, 7) is 0.569. The molecular weight excluding hydrogens is 266 g/mol. The lowest BCUT2D eigenvalue weighted by molar-refractivity contribution is -0.387. The molecule has 0 atom stereocenters. The summed E-state index contributed by atoms with van der Waals surface area (Å²) in [6, 6.07) is 1.49. The van der Waals surface area contributed by atoms with Crippen molar-refractivity contribution < 1.29 is 13.7 Å². The highest BCUT2D eigenvalue weighted by molar-refractivity contribution is 5.53. The van der Waals surface area contributed by atoms with Gasteiger partial charge < -0.3 is 5.32 Å². The number of benzene rings is 1. The molecule has 0 bridgehead atoms. The lowest BCUT2D eigenvalue weighted by Crippen LogP contribution is -2.14. The Morgan fingerprint density at radius 1 is 1.15 bits per heavy atom. The van der Waals surface area contributed by atoms with E-state index in [2.05, 4.69) is 5.32 Å². The van der Waals surface area contributed by atoms with Gasteiger partial charge in [-0.15, -0.1) is 0 Å². The molecule has 4 nitrogen and oxygen atoms in total. The summed E-state index contributed by atoms with van der Waals surface area (Å²) in [6.07, 6.45) is 6.95. The van der Waals surface area contributed by atoms with E-state index in [0.29, 0.717) is 18.5 Å². The first-order chi connectivity index (χ1) is 9.58. The summed E-state index contributed by atoms with van der Waals surface area (Å²) < 4.78 is 26.8. The molecule has 1 aliphatic carbocycles. The Morgan fingerprint density at radius 3 is 2.40 bits per heavy atom. The first kappa shape index (κ1) is 14.7. The highest BCUT2D eigenvalue weighted by Gasteiger charge is 2.19. The number of nitro groups is 1. The molecule has 20 heavy (non-hydrogen) atoms. The predicted octanol–water partition coefficient (Wildman–Crippen LogP) is 4.26. The molecule has 1 N–H and O–H groups in total. The number of halogens is 2. The molecule has 0 unspecified atom stereocenters. The van der Waals surface area contributed by atoms with Crippen LogP contribution in [-0.2, 0) is 0 Å². The number of hydrogen-bond donors (Lipinski definition) is 1. The molecule has 0 radical (unpaired) electrons. The van der Waals surface area contributed by atoms with E-state index < -0.39 is 22.2 Å². The third-order valence-electron chi connectivity index (χ3n) is 3.79. The second-order valence-electron chi connectivity index (χ2n) is 5.28. The van der Waals surface area contributed by atoms with E-state index in [1.54, 1.807) is 0 Å². The van der Waals surface area contributed by atoms with E-state index >= 15 is 0 Å². The minimum atomic E-state index is -1.15. The first-order valence-corrected chi connectivity index (χ1v) is 6.95. The standard InChI is InChI=1S/C14H18F2N2O2/c15-11-7-12(16)14(18(19)20)8-13(11)17-9-10-5-3-1-2-4-6-10/h7-8,10,17H,1-6,9H2. The van der Waals surface area contributed by atoms with Crippen molar-refractivity contribution in [2.45, 2.75) is 38.5 Å². The van der Waals surface area contributed by atoms with Gasteiger partial charge in [0.25, 0.3) is 0 Å². The maximum Gasteiger partial charge on any atom is 0.307 e. The molecule has 1 aromatic carbocycles. The average Bonchev–Trinajstić information content (AvgIpc) is 2.66. The lowest BCUT2D eigenvalue weighted by atomic mass is 10.0. The molecule has 0 saturated heterocycles. The molecule has 0 spiro atoms. The number of anilines is 1. The number of hydrogen-bond acceptors (Lipinski definition) is 3. The average molecular weight is 284 g/mol. The van der Waals surface area contributed by atoms with Gasteiger partial charge in [0.2, 0.25) is 5.82 Å². The highest BCUT2D eigenvalue weighted by Crippen LogP contribution is 2.27. The maximum atomic E-state index is 13.6. The van der Waals surface area contributed by atoms with Crippen molar-refractivity contribution in [2.75, 3.05) is 11.9 Å². The van der Waals surface area contributed by atoms with Crippen LogP contribution >= 0.6 is 0 Å². The van der Waals surface area contributed by atoms with Crippen molar-refractivity contribution in [3.63, 3.8) is 0 Å². The van der Waals surface area contributed by atoms with Crippen LogP contribution in [0.25, 0.3) is 0 Å². The van der Waals surface area contributed by atoms with Crippen LogP contribution in [0, 0.1) is 27.7 Å². The van der Waals surface area contributed by atoms with Crippen molar-refractivity contribution in [1.82, 2.24) is 0 Å². The van der Waals surface area contributed by atoms with Crippen LogP contribution < -0.4 is 5.32 Å². The third kappa shape index (κ3) is 3.65. The molecule has 2 rings (SSSR count).